The van der Waals surface area contributed by atoms with Gasteiger partial charge >= 0.3 is 5.97 Å². The second kappa shape index (κ2) is 8.84. The SMILES string of the molecule is Cc1nn(Cc2ccccc2)c(Cl)c1C(=O)OCC(=O)Nc1oc(C)c(C)c1C#N. The van der Waals surface area contributed by atoms with E-state index >= 15 is 0 Å². The predicted molar refractivity (Wildman–Crippen MR) is 109 cm³/mol. The largest absolute Gasteiger partial charge is 0.452 e. The molecule has 0 fully saturated rings. The van der Waals surface area contributed by atoms with Gasteiger partial charge in [0.05, 0.1) is 12.2 Å². The van der Waals surface area contributed by atoms with Gasteiger partial charge < -0.3 is 9.15 Å². The first-order chi connectivity index (χ1) is 14.3. The van der Waals surface area contributed by atoms with Crippen LogP contribution in [0.2, 0.25) is 5.15 Å². The predicted octanol–water partition coefficient (Wildman–Crippen LogP) is 3.77. The molecule has 2 aromatic heterocycles. The second-order valence-corrected chi connectivity index (χ2v) is 6.98. The van der Waals surface area contributed by atoms with Crippen molar-refractivity contribution in [1.29, 1.82) is 5.26 Å². The molecule has 0 radical (unpaired) electrons. The van der Waals surface area contributed by atoms with Gasteiger partial charge in [-0.05, 0) is 26.3 Å². The molecule has 1 N–H and O–H groups in total. The van der Waals surface area contributed by atoms with E-state index in [4.69, 9.17) is 20.8 Å². The van der Waals surface area contributed by atoms with Crippen molar-refractivity contribution < 1.29 is 18.7 Å². The number of rotatable bonds is 6. The maximum Gasteiger partial charge on any atom is 0.343 e. The number of anilines is 1. The first-order valence-electron chi connectivity index (χ1n) is 9.05. The lowest BCUT2D eigenvalue weighted by Crippen LogP contribution is -2.21. The van der Waals surface area contributed by atoms with Gasteiger partial charge in [0.1, 0.15) is 28.1 Å². The standard InChI is InChI=1S/C21H19ClN4O4/c1-12-14(3)30-20(16(12)9-23)24-17(27)11-29-21(28)18-13(2)25-26(19(18)22)10-15-7-5-4-6-8-15/h4-8H,10-11H2,1-3H3,(H,24,27). The molecule has 0 unspecified atom stereocenters. The number of nitrogens with one attached hydrogen (secondary N) is 1. The normalized spacial score (nSPS) is 10.5. The number of aromatic nitrogens is 2. The summed E-state index contributed by atoms with van der Waals surface area (Å²) in [6.07, 6.45) is 0. The Morgan fingerprint density at radius 2 is 1.97 bits per heavy atom. The number of nitriles is 1. The summed E-state index contributed by atoms with van der Waals surface area (Å²) in [6.45, 7) is 4.86. The lowest BCUT2D eigenvalue weighted by molar-refractivity contribution is -0.119. The zero-order chi connectivity index (χ0) is 21.8. The fourth-order valence-corrected chi connectivity index (χ4v) is 3.17. The molecule has 0 saturated heterocycles. The van der Waals surface area contributed by atoms with Crippen LogP contribution in [-0.2, 0) is 16.1 Å². The number of aryl methyl sites for hydroxylation is 2. The fourth-order valence-electron chi connectivity index (χ4n) is 2.86. The maximum absolute atomic E-state index is 12.5. The second-order valence-electron chi connectivity index (χ2n) is 6.62. The summed E-state index contributed by atoms with van der Waals surface area (Å²) in [5.74, 6) is -0.858. The summed E-state index contributed by atoms with van der Waals surface area (Å²) < 4.78 is 11.9. The van der Waals surface area contributed by atoms with Crippen molar-refractivity contribution in [3.8, 4) is 6.07 Å². The monoisotopic (exact) mass is 426 g/mol. The van der Waals surface area contributed by atoms with Crippen LogP contribution in [0.5, 0.6) is 0 Å². The van der Waals surface area contributed by atoms with Crippen LogP contribution >= 0.6 is 11.6 Å². The van der Waals surface area contributed by atoms with Crippen LogP contribution in [0.15, 0.2) is 34.7 Å². The van der Waals surface area contributed by atoms with E-state index in [9.17, 15) is 14.9 Å². The first-order valence-corrected chi connectivity index (χ1v) is 9.43. The van der Waals surface area contributed by atoms with E-state index in [0.717, 1.165) is 5.56 Å². The highest BCUT2D eigenvalue weighted by Gasteiger charge is 2.23. The van der Waals surface area contributed by atoms with Gasteiger partial charge in [0.2, 0.25) is 5.88 Å². The van der Waals surface area contributed by atoms with E-state index in [2.05, 4.69) is 10.4 Å². The Morgan fingerprint density at radius 1 is 1.27 bits per heavy atom. The smallest absolute Gasteiger partial charge is 0.343 e. The minimum absolute atomic E-state index is 0.0263. The molecule has 30 heavy (non-hydrogen) atoms. The van der Waals surface area contributed by atoms with Crippen LogP contribution in [0.4, 0.5) is 5.88 Å². The zero-order valence-electron chi connectivity index (χ0n) is 16.7. The summed E-state index contributed by atoms with van der Waals surface area (Å²) in [6, 6.07) is 11.5. The van der Waals surface area contributed by atoms with Gasteiger partial charge in [-0.15, -0.1) is 0 Å². The summed E-state index contributed by atoms with van der Waals surface area (Å²) in [7, 11) is 0. The molecule has 1 aromatic carbocycles. The van der Waals surface area contributed by atoms with E-state index in [0.29, 0.717) is 23.6 Å². The highest BCUT2D eigenvalue weighted by Crippen LogP contribution is 2.25. The molecule has 9 heteroatoms. The number of hydrogen-bond acceptors (Lipinski definition) is 6. The van der Waals surface area contributed by atoms with Gasteiger partial charge in [0.25, 0.3) is 5.91 Å². The van der Waals surface area contributed by atoms with Gasteiger partial charge in [-0.2, -0.15) is 10.4 Å². The average Bonchev–Trinajstić information content (AvgIpc) is 3.15. The number of carbonyl (C=O) groups excluding carboxylic acids is 2. The third kappa shape index (κ3) is 4.36. The number of hydrogen-bond donors (Lipinski definition) is 1. The highest BCUT2D eigenvalue weighted by molar-refractivity contribution is 6.32. The molecule has 2 heterocycles. The highest BCUT2D eigenvalue weighted by atomic mass is 35.5. The van der Waals surface area contributed by atoms with Crippen LogP contribution < -0.4 is 5.32 Å². The Labute approximate surface area is 178 Å². The molecule has 0 aliphatic carbocycles. The van der Waals surface area contributed by atoms with E-state index in [1.54, 1.807) is 20.8 Å². The molecule has 0 atom stereocenters. The molecule has 0 spiro atoms. The van der Waals surface area contributed by atoms with Gasteiger partial charge in [-0.3, -0.25) is 10.1 Å². The number of furan rings is 1. The average molecular weight is 427 g/mol. The van der Waals surface area contributed by atoms with Gasteiger partial charge in [-0.25, -0.2) is 9.48 Å². The van der Waals surface area contributed by atoms with Crippen LogP contribution in [-0.4, -0.2) is 28.3 Å². The first kappa shape index (κ1) is 21.1. The van der Waals surface area contributed by atoms with Crippen LogP contribution in [0.1, 0.15) is 38.5 Å². The molecule has 0 bridgehead atoms. The molecule has 8 nitrogen and oxygen atoms in total. The van der Waals surface area contributed by atoms with E-state index in [-0.39, 0.29) is 22.2 Å². The third-order valence-electron chi connectivity index (χ3n) is 4.53. The number of amides is 1. The van der Waals surface area contributed by atoms with Crippen molar-refractivity contribution >= 4 is 29.4 Å². The minimum Gasteiger partial charge on any atom is -0.452 e. The Bertz CT molecular complexity index is 1140. The molecule has 0 aliphatic heterocycles. The molecular formula is C21H19ClN4O4. The number of ether oxygens (including phenoxy) is 1. The Morgan fingerprint density at radius 3 is 2.63 bits per heavy atom. The molecule has 3 aromatic rings. The lowest BCUT2D eigenvalue weighted by Gasteiger charge is -2.06. The number of benzene rings is 1. The van der Waals surface area contributed by atoms with Crippen molar-refractivity contribution in [1.82, 2.24) is 9.78 Å². The molecule has 0 aliphatic rings. The molecule has 3 rings (SSSR count). The minimum atomic E-state index is -0.765. The lowest BCUT2D eigenvalue weighted by atomic mass is 10.2. The van der Waals surface area contributed by atoms with Crippen molar-refractivity contribution in [2.45, 2.75) is 27.3 Å². The number of carbonyl (C=O) groups is 2. The van der Waals surface area contributed by atoms with Crippen molar-refractivity contribution in [3.63, 3.8) is 0 Å². The van der Waals surface area contributed by atoms with Crippen molar-refractivity contribution in [3.05, 3.63) is 69.2 Å². The number of halogens is 1. The number of nitrogens with zero attached hydrogens (tertiary/aromatic N) is 3. The van der Waals surface area contributed by atoms with E-state index < -0.39 is 18.5 Å². The third-order valence-corrected chi connectivity index (χ3v) is 4.91. The fraction of sp³-hybridized carbons (Fsp3) is 0.238. The van der Waals surface area contributed by atoms with Crippen molar-refractivity contribution in [2.24, 2.45) is 0 Å². The Hall–Kier alpha value is -3.57. The molecule has 154 valence electrons. The Balaban J connectivity index is 1.66. The van der Waals surface area contributed by atoms with Crippen molar-refractivity contribution in [2.75, 3.05) is 11.9 Å². The maximum atomic E-state index is 12.5. The van der Waals surface area contributed by atoms with Gasteiger partial charge in [-0.1, -0.05) is 41.9 Å². The molecule has 1 amide bonds. The van der Waals surface area contributed by atoms with Crippen LogP contribution in [0.25, 0.3) is 0 Å². The van der Waals surface area contributed by atoms with E-state index in [1.165, 1.54) is 4.68 Å². The quantitative estimate of drug-likeness (QED) is 0.600. The molecule has 0 saturated carbocycles. The van der Waals surface area contributed by atoms with Crippen LogP contribution in [0.3, 0.4) is 0 Å². The van der Waals surface area contributed by atoms with E-state index in [1.807, 2.05) is 36.4 Å². The topological polar surface area (TPSA) is 110 Å². The summed E-state index contributed by atoms with van der Waals surface area (Å²) in [4.78, 5) is 24.6. The van der Waals surface area contributed by atoms with Crippen LogP contribution in [0, 0.1) is 32.1 Å². The summed E-state index contributed by atoms with van der Waals surface area (Å²) in [5, 5.41) is 16.0. The van der Waals surface area contributed by atoms with Gasteiger partial charge in [0, 0.05) is 5.56 Å². The molecular weight excluding hydrogens is 408 g/mol. The summed E-state index contributed by atoms with van der Waals surface area (Å²) >= 11 is 6.33. The van der Waals surface area contributed by atoms with Gasteiger partial charge in [0.15, 0.2) is 6.61 Å². The number of esters is 1. The summed E-state index contributed by atoms with van der Waals surface area (Å²) in [5.41, 5.74) is 2.33. The zero-order valence-corrected chi connectivity index (χ0v) is 17.4. The Kier molecular flexibility index (Phi) is 6.23.